The fraction of sp³-hybridized carbons (Fsp3) is 0.679. The second-order valence-corrected chi connectivity index (χ2v) is 11.1. The van der Waals surface area contributed by atoms with Crippen LogP contribution in [0.4, 0.5) is 0 Å². The van der Waals surface area contributed by atoms with E-state index < -0.39 is 0 Å². The zero-order valence-corrected chi connectivity index (χ0v) is 20.7. The highest BCUT2D eigenvalue weighted by Gasteiger charge is 2.60. The van der Waals surface area contributed by atoms with Crippen LogP contribution in [-0.4, -0.2) is 24.3 Å². The summed E-state index contributed by atoms with van der Waals surface area (Å²) < 4.78 is 10.4. The van der Waals surface area contributed by atoms with Crippen LogP contribution in [-0.2, 0) is 23.9 Å². The van der Waals surface area contributed by atoms with Gasteiger partial charge in [0, 0.05) is 25.3 Å². The van der Waals surface area contributed by atoms with Crippen molar-refractivity contribution in [3.05, 3.63) is 35.6 Å². The first-order valence-electron chi connectivity index (χ1n) is 12.6. The number of rotatable bonds is 5. The molecule has 0 heterocycles. The van der Waals surface area contributed by atoms with E-state index in [0.29, 0.717) is 30.1 Å². The van der Waals surface area contributed by atoms with E-state index in [1.807, 2.05) is 25.2 Å². The Hall–Kier alpha value is -2.17. The molecule has 0 aliphatic heterocycles. The van der Waals surface area contributed by atoms with Crippen molar-refractivity contribution in [2.24, 2.45) is 40.4 Å². The largest absolute Gasteiger partial charge is 0.463 e. The summed E-state index contributed by atoms with van der Waals surface area (Å²) >= 11 is 0. The van der Waals surface area contributed by atoms with E-state index in [2.05, 4.69) is 20.8 Å². The van der Waals surface area contributed by atoms with Gasteiger partial charge in [-0.2, -0.15) is 0 Å². The summed E-state index contributed by atoms with van der Waals surface area (Å²) in [6.45, 7) is 10.5. The Labute approximate surface area is 197 Å². The Balaban J connectivity index is 1.58. The van der Waals surface area contributed by atoms with Crippen molar-refractivity contribution in [3.63, 3.8) is 0 Å². The molecule has 5 heteroatoms. The molecule has 4 aliphatic rings. The third kappa shape index (κ3) is 4.13. The first-order chi connectivity index (χ1) is 15.6. The van der Waals surface area contributed by atoms with Crippen molar-refractivity contribution in [2.75, 3.05) is 6.61 Å². The number of fused-ring (bicyclic) bond motifs is 5. The number of esters is 2. The molecule has 0 amide bonds. The molecule has 0 aromatic carbocycles. The highest BCUT2D eigenvalue weighted by atomic mass is 16.5. The normalized spacial score (nSPS) is 38.5. The van der Waals surface area contributed by atoms with Crippen molar-refractivity contribution in [2.45, 2.75) is 73.1 Å². The van der Waals surface area contributed by atoms with Crippen LogP contribution in [0, 0.1) is 40.4 Å². The molecular formula is C28H38O5. The number of allylic oxidation sites excluding steroid dienone is 5. The zero-order chi connectivity index (χ0) is 24.0. The van der Waals surface area contributed by atoms with E-state index in [0.717, 1.165) is 44.1 Å². The van der Waals surface area contributed by atoms with Crippen LogP contribution in [0.1, 0.15) is 73.1 Å². The SMILES string of the molecule is CCOC(=O)/C=C/[C@@H](C)C1CCC2C3C(=O)C=C4C=C(OC(C)=O)CC[C@]4(C)C3CC[C@@]21C. The average molecular weight is 455 g/mol. The molecule has 0 bridgehead atoms. The van der Waals surface area contributed by atoms with Crippen LogP contribution >= 0.6 is 0 Å². The van der Waals surface area contributed by atoms with Gasteiger partial charge in [-0.15, -0.1) is 0 Å². The predicted octanol–water partition coefficient (Wildman–Crippen LogP) is 5.56. The van der Waals surface area contributed by atoms with E-state index in [-0.39, 0.29) is 40.4 Å². The van der Waals surface area contributed by atoms with E-state index in [1.54, 1.807) is 6.08 Å². The van der Waals surface area contributed by atoms with Crippen LogP contribution in [0.5, 0.6) is 0 Å². The maximum absolute atomic E-state index is 13.5. The maximum atomic E-state index is 13.5. The summed E-state index contributed by atoms with van der Waals surface area (Å²) in [5.74, 6) is 1.85. The Morgan fingerprint density at radius 2 is 1.91 bits per heavy atom. The molecule has 0 spiro atoms. The fourth-order valence-electron chi connectivity index (χ4n) is 7.77. The molecule has 5 nitrogen and oxygen atoms in total. The molecule has 4 unspecified atom stereocenters. The second kappa shape index (κ2) is 8.88. The van der Waals surface area contributed by atoms with Gasteiger partial charge in [-0.05, 0) is 91.3 Å². The first kappa shape index (κ1) is 24.0. The molecule has 4 rings (SSSR count). The van der Waals surface area contributed by atoms with Gasteiger partial charge in [0.1, 0.15) is 5.76 Å². The summed E-state index contributed by atoms with van der Waals surface area (Å²) in [6.07, 6.45) is 13.4. The van der Waals surface area contributed by atoms with Gasteiger partial charge in [0.15, 0.2) is 5.78 Å². The number of hydrogen-bond donors (Lipinski definition) is 0. The van der Waals surface area contributed by atoms with E-state index in [1.165, 1.54) is 6.92 Å². The Kier molecular flexibility index (Phi) is 6.45. The lowest BCUT2D eigenvalue weighted by Crippen LogP contribution is -2.52. The molecule has 0 saturated heterocycles. The lowest BCUT2D eigenvalue weighted by Gasteiger charge is -2.56. The van der Waals surface area contributed by atoms with Crippen molar-refractivity contribution in [3.8, 4) is 0 Å². The number of hydrogen-bond acceptors (Lipinski definition) is 5. The molecule has 0 aromatic rings. The average Bonchev–Trinajstić information content (AvgIpc) is 3.10. The Morgan fingerprint density at radius 1 is 1.15 bits per heavy atom. The summed E-state index contributed by atoms with van der Waals surface area (Å²) in [4.78, 5) is 36.8. The number of ether oxygens (including phenoxy) is 2. The summed E-state index contributed by atoms with van der Waals surface area (Å²) in [5.41, 5.74) is 1.10. The number of carbonyl (C=O) groups is 3. The maximum Gasteiger partial charge on any atom is 0.330 e. The van der Waals surface area contributed by atoms with Gasteiger partial charge in [-0.25, -0.2) is 4.79 Å². The number of ketones is 1. The predicted molar refractivity (Wildman–Crippen MR) is 126 cm³/mol. The molecule has 2 fully saturated rings. The number of carbonyl (C=O) groups excluding carboxylic acids is 3. The minimum atomic E-state index is -0.304. The Bertz CT molecular complexity index is 927. The molecule has 0 N–H and O–H groups in total. The van der Waals surface area contributed by atoms with Crippen LogP contribution in [0.25, 0.3) is 0 Å². The van der Waals surface area contributed by atoms with E-state index >= 15 is 0 Å². The Morgan fingerprint density at radius 3 is 2.61 bits per heavy atom. The molecule has 7 atom stereocenters. The minimum absolute atomic E-state index is 0.0446. The summed E-state index contributed by atoms with van der Waals surface area (Å²) in [5, 5.41) is 0. The lowest BCUT2D eigenvalue weighted by molar-refractivity contribution is -0.138. The van der Waals surface area contributed by atoms with Gasteiger partial charge in [-0.1, -0.05) is 26.8 Å². The molecule has 4 aliphatic carbocycles. The molecule has 0 aromatic heterocycles. The van der Waals surface area contributed by atoms with Crippen LogP contribution in [0.15, 0.2) is 35.6 Å². The first-order valence-corrected chi connectivity index (χ1v) is 12.6. The molecule has 0 radical (unpaired) electrons. The zero-order valence-electron chi connectivity index (χ0n) is 20.7. The van der Waals surface area contributed by atoms with Crippen molar-refractivity contribution < 1.29 is 23.9 Å². The van der Waals surface area contributed by atoms with Gasteiger partial charge in [0.25, 0.3) is 0 Å². The van der Waals surface area contributed by atoms with Gasteiger partial charge in [0.2, 0.25) is 0 Å². The summed E-state index contributed by atoms with van der Waals surface area (Å²) in [7, 11) is 0. The molecule has 2 saturated carbocycles. The van der Waals surface area contributed by atoms with E-state index in [4.69, 9.17) is 9.47 Å². The topological polar surface area (TPSA) is 69.7 Å². The monoisotopic (exact) mass is 454 g/mol. The third-order valence-corrected chi connectivity index (χ3v) is 9.39. The fourth-order valence-corrected chi connectivity index (χ4v) is 7.77. The van der Waals surface area contributed by atoms with Gasteiger partial charge in [0.05, 0.1) is 6.61 Å². The van der Waals surface area contributed by atoms with Gasteiger partial charge < -0.3 is 9.47 Å². The van der Waals surface area contributed by atoms with Crippen LogP contribution in [0.3, 0.4) is 0 Å². The van der Waals surface area contributed by atoms with Crippen molar-refractivity contribution in [1.29, 1.82) is 0 Å². The molecule has 33 heavy (non-hydrogen) atoms. The standard InChI is InChI=1S/C28H38O5/c1-6-32-25(31)10-7-17(2)21-8-9-22-26-23(12-14-28(21,22)5)27(4)13-11-20(33-18(3)29)15-19(27)16-24(26)30/h7,10,15-17,21-23,26H,6,8-9,11-14H2,1-5H3/b10-7+/t17-,21?,22?,23?,26?,27+,28-/m1/s1. The van der Waals surface area contributed by atoms with Crippen molar-refractivity contribution >= 4 is 17.7 Å². The minimum Gasteiger partial charge on any atom is -0.463 e. The molecule has 180 valence electrons. The molecular weight excluding hydrogens is 416 g/mol. The van der Waals surface area contributed by atoms with Gasteiger partial charge >= 0.3 is 11.9 Å². The van der Waals surface area contributed by atoms with E-state index in [9.17, 15) is 14.4 Å². The van der Waals surface area contributed by atoms with Crippen LogP contribution < -0.4 is 0 Å². The summed E-state index contributed by atoms with van der Waals surface area (Å²) in [6, 6.07) is 0. The second-order valence-electron chi connectivity index (χ2n) is 11.1. The lowest BCUT2D eigenvalue weighted by atomic mass is 9.47. The smallest absolute Gasteiger partial charge is 0.330 e. The van der Waals surface area contributed by atoms with Crippen LogP contribution in [0.2, 0.25) is 0 Å². The highest BCUT2D eigenvalue weighted by Crippen LogP contribution is 2.66. The quantitative estimate of drug-likeness (QED) is 0.402. The third-order valence-electron chi connectivity index (χ3n) is 9.39. The van der Waals surface area contributed by atoms with Crippen molar-refractivity contribution in [1.82, 2.24) is 0 Å². The highest BCUT2D eigenvalue weighted by molar-refractivity contribution is 5.95. The van der Waals surface area contributed by atoms with Gasteiger partial charge in [-0.3, -0.25) is 9.59 Å².